The smallest absolute Gasteiger partial charge is 0.318 e. The van der Waals surface area contributed by atoms with Gasteiger partial charge in [0.15, 0.2) is 0 Å². The van der Waals surface area contributed by atoms with Crippen LogP contribution in [0.3, 0.4) is 0 Å². The molecule has 2 aliphatic rings. The number of nitrogens with zero attached hydrogens (tertiary/aromatic N) is 5. The fraction of sp³-hybridized carbons (Fsp3) is 0.333. The Morgan fingerprint density at radius 2 is 1.95 bits per heavy atom. The number of aliphatic hydroxyl groups excluding tert-OH is 1. The number of urea groups is 1. The van der Waals surface area contributed by atoms with Gasteiger partial charge in [-0.15, -0.1) is 0 Å². The quantitative estimate of drug-likeness (QED) is 0.532. The molecule has 1 fully saturated rings. The molecule has 10 nitrogen and oxygen atoms in total. The van der Waals surface area contributed by atoms with E-state index in [4.69, 9.17) is 11.6 Å². The predicted octanol–water partition coefficient (Wildman–Crippen LogP) is 2.68. The summed E-state index contributed by atoms with van der Waals surface area (Å²) in [5.41, 5.74) is 2.59. The maximum atomic E-state index is 13.8. The SMILES string of the molecule is C[C@@H]1CN(C(=O)c2ccc(-n3cccn3)cc2Cl)c2ccccc2CN1C(=O)NCC(=O)N1CC[C@H](O)C1. The van der Waals surface area contributed by atoms with Crippen molar-refractivity contribution in [2.75, 3.05) is 31.1 Å². The minimum atomic E-state index is -0.518. The van der Waals surface area contributed by atoms with Gasteiger partial charge in [0.25, 0.3) is 5.91 Å². The van der Waals surface area contributed by atoms with Crippen LogP contribution < -0.4 is 10.2 Å². The molecule has 0 unspecified atom stereocenters. The number of rotatable bonds is 4. The Labute approximate surface area is 225 Å². The maximum Gasteiger partial charge on any atom is 0.318 e. The van der Waals surface area contributed by atoms with Crippen molar-refractivity contribution in [3.63, 3.8) is 0 Å². The maximum absolute atomic E-state index is 13.8. The zero-order chi connectivity index (χ0) is 26.8. The number of amides is 4. The van der Waals surface area contributed by atoms with Crippen molar-refractivity contribution in [2.45, 2.75) is 32.0 Å². The van der Waals surface area contributed by atoms with Gasteiger partial charge in [-0.25, -0.2) is 9.48 Å². The summed E-state index contributed by atoms with van der Waals surface area (Å²) in [7, 11) is 0. The molecule has 11 heteroatoms. The van der Waals surface area contributed by atoms with Gasteiger partial charge in [-0.05, 0) is 49.2 Å². The highest BCUT2D eigenvalue weighted by Gasteiger charge is 2.33. The van der Waals surface area contributed by atoms with Gasteiger partial charge in [-0.2, -0.15) is 5.10 Å². The molecule has 0 saturated carbocycles. The number of likely N-dealkylation sites (tertiary alicyclic amines) is 1. The number of benzene rings is 2. The molecule has 2 atom stereocenters. The molecule has 5 rings (SSSR count). The topological polar surface area (TPSA) is 111 Å². The lowest BCUT2D eigenvalue weighted by atomic mass is 10.1. The van der Waals surface area contributed by atoms with Gasteiger partial charge in [-0.1, -0.05) is 29.8 Å². The van der Waals surface area contributed by atoms with Crippen molar-refractivity contribution in [3.05, 3.63) is 77.1 Å². The minimum Gasteiger partial charge on any atom is -0.391 e. The molecular weight excluding hydrogens is 508 g/mol. The number of aromatic nitrogens is 2. The molecule has 198 valence electrons. The summed E-state index contributed by atoms with van der Waals surface area (Å²) in [6.45, 7) is 2.99. The Bertz CT molecular complexity index is 1350. The third-order valence-corrected chi connectivity index (χ3v) is 7.28. The molecule has 3 aromatic rings. The van der Waals surface area contributed by atoms with Crippen LogP contribution in [-0.2, 0) is 11.3 Å². The van der Waals surface area contributed by atoms with Crippen molar-refractivity contribution in [1.29, 1.82) is 0 Å². The first kappa shape index (κ1) is 25.7. The third-order valence-electron chi connectivity index (χ3n) is 6.97. The Morgan fingerprint density at radius 1 is 1.13 bits per heavy atom. The number of hydrogen-bond acceptors (Lipinski definition) is 5. The van der Waals surface area contributed by atoms with E-state index in [9.17, 15) is 19.5 Å². The van der Waals surface area contributed by atoms with Gasteiger partial charge in [0.2, 0.25) is 5.91 Å². The molecule has 3 heterocycles. The van der Waals surface area contributed by atoms with Crippen LogP contribution >= 0.6 is 11.6 Å². The van der Waals surface area contributed by atoms with Crippen LogP contribution in [0.4, 0.5) is 10.5 Å². The van der Waals surface area contributed by atoms with E-state index in [-0.39, 0.29) is 44.0 Å². The van der Waals surface area contributed by atoms with Crippen LogP contribution in [0.1, 0.15) is 29.3 Å². The van der Waals surface area contributed by atoms with Gasteiger partial charge in [0.1, 0.15) is 0 Å². The third kappa shape index (κ3) is 5.23. The monoisotopic (exact) mass is 536 g/mol. The summed E-state index contributed by atoms with van der Waals surface area (Å²) in [4.78, 5) is 44.2. The minimum absolute atomic E-state index is 0.155. The number of fused-ring (bicyclic) bond motifs is 1. The van der Waals surface area contributed by atoms with Crippen LogP contribution in [0.5, 0.6) is 0 Å². The Kier molecular flexibility index (Phi) is 7.35. The van der Waals surface area contributed by atoms with Gasteiger partial charge in [0.05, 0.1) is 28.9 Å². The lowest BCUT2D eigenvalue weighted by Crippen LogP contribution is -2.50. The normalized spacial score (nSPS) is 19.2. The van der Waals surface area contributed by atoms with Crippen molar-refractivity contribution in [3.8, 4) is 5.69 Å². The van der Waals surface area contributed by atoms with Crippen LogP contribution in [-0.4, -0.2) is 80.9 Å². The van der Waals surface area contributed by atoms with Crippen LogP contribution in [0.15, 0.2) is 60.9 Å². The van der Waals surface area contributed by atoms with E-state index in [1.54, 1.807) is 56.0 Å². The molecule has 1 saturated heterocycles. The van der Waals surface area contributed by atoms with Crippen molar-refractivity contribution >= 4 is 35.1 Å². The lowest BCUT2D eigenvalue weighted by molar-refractivity contribution is -0.129. The molecular formula is C27H29ClN6O4. The number of carbonyl (C=O) groups excluding carboxylic acids is 3. The standard InChI is InChI=1S/C27H29ClN6O4/c1-18-15-33(26(37)22-8-7-20(13-23(22)28)34-11-4-10-30-34)24-6-3-2-5-19(24)16-32(18)27(38)29-14-25(36)31-12-9-21(35)17-31/h2-8,10-11,13,18,21,35H,9,12,14-17H2,1H3,(H,29,38)/t18-,21+/m1/s1. The fourth-order valence-electron chi connectivity index (χ4n) is 4.89. The molecule has 0 spiro atoms. The summed E-state index contributed by atoms with van der Waals surface area (Å²) in [5, 5.41) is 16.9. The summed E-state index contributed by atoms with van der Waals surface area (Å²) < 4.78 is 1.66. The fourth-order valence-corrected chi connectivity index (χ4v) is 5.15. The van der Waals surface area contributed by atoms with Crippen LogP contribution in [0, 0.1) is 0 Å². The van der Waals surface area contributed by atoms with Gasteiger partial charge >= 0.3 is 6.03 Å². The molecule has 0 bridgehead atoms. The summed E-state index contributed by atoms with van der Waals surface area (Å²) in [6.07, 6.45) is 3.48. The van der Waals surface area contributed by atoms with E-state index >= 15 is 0 Å². The van der Waals surface area contributed by atoms with E-state index in [0.717, 1.165) is 11.3 Å². The van der Waals surface area contributed by atoms with Crippen LogP contribution in [0.25, 0.3) is 5.69 Å². The lowest BCUT2D eigenvalue weighted by Gasteiger charge is -2.29. The number of β-amino-alcohol motifs (C(OH)–C–C–N with tert-alkyl or cyclic N) is 1. The van der Waals surface area contributed by atoms with Gasteiger partial charge < -0.3 is 25.1 Å². The molecule has 2 aliphatic heterocycles. The highest BCUT2D eigenvalue weighted by atomic mass is 35.5. The summed E-state index contributed by atoms with van der Waals surface area (Å²) in [5.74, 6) is -0.505. The Hall–Kier alpha value is -3.89. The predicted molar refractivity (Wildman–Crippen MR) is 142 cm³/mol. The van der Waals surface area contributed by atoms with Crippen molar-refractivity contribution < 1.29 is 19.5 Å². The van der Waals surface area contributed by atoms with E-state index in [0.29, 0.717) is 29.2 Å². The number of nitrogens with one attached hydrogen (secondary N) is 1. The highest BCUT2D eigenvalue weighted by Crippen LogP contribution is 2.30. The number of halogens is 1. The number of hydrogen-bond donors (Lipinski definition) is 2. The number of para-hydroxylation sites is 1. The summed E-state index contributed by atoms with van der Waals surface area (Å²) in [6, 6.07) is 13.7. The Morgan fingerprint density at radius 3 is 2.66 bits per heavy atom. The largest absolute Gasteiger partial charge is 0.391 e. The number of aliphatic hydroxyl groups is 1. The second kappa shape index (κ2) is 10.8. The molecule has 1 aromatic heterocycles. The van der Waals surface area contributed by atoms with Crippen molar-refractivity contribution in [1.82, 2.24) is 24.9 Å². The number of anilines is 1. The molecule has 38 heavy (non-hydrogen) atoms. The van der Waals surface area contributed by atoms with Crippen molar-refractivity contribution in [2.24, 2.45) is 0 Å². The number of carbonyl (C=O) groups is 3. The Balaban J connectivity index is 1.34. The average Bonchev–Trinajstić information content (AvgIpc) is 3.58. The molecule has 2 aromatic carbocycles. The first-order valence-electron chi connectivity index (χ1n) is 12.5. The molecule has 2 N–H and O–H groups in total. The first-order valence-corrected chi connectivity index (χ1v) is 12.9. The highest BCUT2D eigenvalue weighted by molar-refractivity contribution is 6.34. The van der Waals surface area contributed by atoms with Gasteiger partial charge in [0, 0.05) is 50.3 Å². The zero-order valence-corrected chi connectivity index (χ0v) is 21.7. The summed E-state index contributed by atoms with van der Waals surface area (Å²) >= 11 is 6.56. The first-order chi connectivity index (χ1) is 18.3. The van der Waals surface area contributed by atoms with E-state index in [1.807, 2.05) is 31.2 Å². The second-order valence-electron chi connectivity index (χ2n) is 9.58. The van der Waals surface area contributed by atoms with E-state index in [1.165, 1.54) is 0 Å². The van der Waals surface area contributed by atoms with Crippen LogP contribution in [0.2, 0.25) is 5.02 Å². The molecule has 0 radical (unpaired) electrons. The second-order valence-corrected chi connectivity index (χ2v) is 9.98. The average molecular weight is 537 g/mol. The molecule has 0 aliphatic carbocycles. The molecule has 4 amide bonds. The zero-order valence-electron chi connectivity index (χ0n) is 21.0. The van der Waals surface area contributed by atoms with Gasteiger partial charge in [-0.3, -0.25) is 9.59 Å². The van der Waals surface area contributed by atoms with E-state index in [2.05, 4.69) is 10.4 Å². The van der Waals surface area contributed by atoms with E-state index < -0.39 is 12.1 Å².